The summed E-state index contributed by atoms with van der Waals surface area (Å²) < 4.78 is 2.10. The second kappa shape index (κ2) is 7.00. The summed E-state index contributed by atoms with van der Waals surface area (Å²) in [5.74, 6) is 0.114. The Morgan fingerprint density at radius 1 is 0.962 bits per heavy atom. The van der Waals surface area contributed by atoms with Crippen LogP contribution in [0.1, 0.15) is 28.9 Å². The molecule has 1 amide bonds. The predicted molar refractivity (Wildman–Crippen MR) is 106 cm³/mol. The minimum atomic E-state index is 0.114. The molecule has 0 aliphatic carbocycles. The molecule has 0 radical (unpaired) electrons. The predicted octanol–water partition coefficient (Wildman–Crippen LogP) is 5.34. The fourth-order valence-electron chi connectivity index (χ4n) is 3.68. The van der Waals surface area contributed by atoms with Gasteiger partial charge in [0.1, 0.15) is 0 Å². The molecule has 0 unspecified atom stereocenters. The van der Waals surface area contributed by atoms with E-state index in [4.69, 9.17) is 11.6 Å². The summed E-state index contributed by atoms with van der Waals surface area (Å²) in [6.07, 6.45) is 2.17. The highest BCUT2D eigenvalue weighted by molar-refractivity contribution is 6.32. The van der Waals surface area contributed by atoms with E-state index in [0.717, 1.165) is 54.1 Å². The van der Waals surface area contributed by atoms with E-state index in [2.05, 4.69) is 16.7 Å². The van der Waals surface area contributed by atoms with Crippen molar-refractivity contribution in [2.75, 3.05) is 13.1 Å². The van der Waals surface area contributed by atoms with E-state index in [1.165, 1.54) is 0 Å². The second-order valence-corrected chi connectivity index (χ2v) is 7.09. The number of rotatable bonds is 3. The number of amides is 1. The molecule has 1 saturated heterocycles. The van der Waals surface area contributed by atoms with E-state index in [-0.39, 0.29) is 5.91 Å². The molecule has 0 atom stereocenters. The number of nitrogens with zero attached hydrogens (tertiary/aromatic N) is 2. The number of halogens is 1. The topological polar surface area (TPSA) is 25.2 Å². The minimum absolute atomic E-state index is 0.114. The first-order chi connectivity index (χ1) is 12.7. The van der Waals surface area contributed by atoms with Crippen molar-refractivity contribution >= 4 is 17.5 Å². The van der Waals surface area contributed by atoms with Crippen LogP contribution >= 0.6 is 11.6 Å². The van der Waals surface area contributed by atoms with Crippen LogP contribution in [-0.2, 0) is 0 Å². The van der Waals surface area contributed by atoms with Crippen LogP contribution in [-0.4, -0.2) is 28.5 Å². The Labute approximate surface area is 158 Å². The van der Waals surface area contributed by atoms with Gasteiger partial charge in [-0.25, -0.2) is 0 Å². The van der Waals surface area contributed by atoms with Crippen LogP contribution < -0.4 is 0 Å². The van der Waals surface area contributed by atoms with Gasteiger partial charge in [-0.15, -0.1) is 0 Å². The van der Waals surface area contributed by atoms with Gasteiger partial charge in [-0.1, -0.05) is 54.1 Å². The lowest BCUT2D eigenvalue weighted by atomic mass is 10.1. The molecule has 1 aromatic heterocycles. The lowest BCUT2D eigenvalue weighted by Gasteiger charge is -2.16. The Kier molecular flexibility index (Phi) is 4.56. The molecule has 2 aromatic carbocycles. The molecule has 4 heteroatoms. The summed E-state index contributed by atoms with van der Waals surface area (Å²) >= 11 is 6.49. The summed E-state index contributed by atoms with van der Waals surface area (Å²) in [5.41, 5.74) is 4.63. The van der Waals surface area contributed by atoms with Gasteiger partial charge in [0.15, 0.2) is 0 Å². The molecule has 3 aromatic rings. The Hall–Kier alpha value is -2.52. The van der Waals surface area contributed by atoms with E-state index in [1.807, 2.05) is 60.4 Å². The number of hydrogen-bond acceptors (Lipinski definition) is 1. The van der Waals surface area contributed by atoms with Crippen LogP contribution in [0.15, 0.2) is 60.7 Å². The number of aromatic nitrogens is 1. The second-order valence-electron chi connectivity index (χ2n) is 6.68. The molecule has 0 bridgehead atoms. The van der Waals surface area contributed by atoms with Crippen LogP contribution in [0, 0.1) is 6.92 Å². The SMILES string of the molecule is Cc1c(C(=O)N2CCCC2)cc(-c2ccccc2)n1-c1ccccc1Cl. The normalized spacial score (nSPS) is 14.0. The lowest BCUT2D eigenvalue weighted by Crippen LogP contribution is -2.27. The maximum atomic E-state index is 13.1. The third-order valence-electron chi connectivity index (χ3n) is 5.03. The highest BCUT2D eigenvalue weighted by Crippen LogP contribution is 2.33. The van der Waals surface area contributed by atoms with Crippen LogP contribution in [0.3, 0.4) is 0 Å². The Balaban J connectivity index is 1.91. The summed E-state index contributed by atoms with van der Waals surface area (Å²) in [6.45, 7) is 3.69. The van der Waals surface area contributed by atoms with Gasteiger partial charge in [-0.2, -0.15) is 0 Å². The fourth-order valence-corrected chi connectivity index (χ4v) is 3.90. The smallest absolute Gasteiger partial charge is 0.255 e. The molecule has 4 rings (SSSR count). The number of para-hydroxylation sites is 1. The molecule has 26 heavy (non-hydrogen) atoms. The Morgan fingerprint density at radius 3 is 2.31 bits per heavy atom. The molecule has 1 aliphatic rings. The number of benzene rings is 2. The zero-order valence-electron chi connectivity index (χ0n) is 14.8. The van der Waals surface area contributed by atoms with E-state index >= 15 is 0 Å². The maximum absolute atomic E-state index is 13.1. The first-order valence-corrected chi connectivity index (χ1v) is 9.36. The Bertz CT molecular complexity index is 940. The van der Waals surface area contributed by atoms with Gasteiger partial charge in [0.05, 0.1) is 22.0 Å². The highest BCUT2D eigenvalue weighted by Gasteiger charge is 2.25. The van der Waals surface area contributed by atoms with Gasteiger partial charge >= 0.3 is 0 Å². The van der Waals surface area contributed by atoms with Crippen molar-refractivity contribution < 1.29 is 4.79 Å². The van der Waals surface area contributed by atoms with Crippen LogP contribution in [0.5, 0.6) is 0 Å². The summed E-state index contributed by atoms with van der Waals surface area (Å²) in [7, 11) is 0. The molecular weight excluding hydrogens is 344 g/mol. The fraction of sp³-hybridized carbons (Fsp3) is 0.227. The summed E-state index contributed by atoms with van der Waals surface area (Å²) in [4.78, 5) is 15.0. The average Bonchev–Trinajstić information content (AvgIpc) is 3.31. The molecule has 132 valence electrons. The van der Waals surface area contributed by atoms with Crippen molar-refractivity contribution in [1.29, 1.82) is 0 Å². The van der Waals surface area contributed by atoms with Crippen molar-refractivity contribution in [3.63, 3.8) is 0 Å². The first-order valence-electron chi connectivity index (χ1n) is 8.99. The molecule has 0 N–H and O–H groups in total. The largest absolute Gasteiger partial charge is 0.339 e. The first kappa shape index (κ1) is 16.9. The van der Waals surface area contributed by atoms with Gasteiger partial charge in [0, 0.05) is 18.8 Å². The number of likely N-dealkylation sites (tertiary alicyclic amines) is 1. The third kappa shape index (κ3) is 2.93. The van der Waals surface area contributed by atoms with Gasteiger partial charge in [0.2, 0.25) is 0 Å². The van der Waals surface area contributed by atoms with E-state index < -0.39 is 0 Å². The maximum Gasteiger partial charge on any atom is 0.255 e. The molecule has 0 saturated carbocycles. The van der Waals surface area contributed by atoms with E-state index in [0.29, 0.717) is 5.02 Å². The number of carbonyl (C=O) groups is 1. The standard InChI is InChI=1S/C22H21ClN2O/c1-16-18(22(26)24-13-7-8-14-24)15-21(17-9-3-2-4-10-17)25(16)20-12-6-5-11-19(20)23/h2-6,9-12,15H,7-8,13-14H2,1H3. The van der Waals surface area contributed by atoms with Crippen molar-refractivity contribution in [2.24, 2.45) is 0 Å². The van der Waals surface area contributed by atoms with Crippen LogP contribution in [0.25, 0.3) is 16.9 Å². The zero-order chi connectivity index (χ0) is 18.1. The summed E-state index contributed by atoms with van der Waals surface area (Å²) in [5, 5.41) is 0.670. The Morgan fingerprint density at radius 2 is 1.62 bits per heavy atom. The van der Waals surface area contributed by atoms with Crippen molar-refractivity contribution in [1.82, 2.24) is 9.47 Å². The molecule has 1 aliphatic heterocycles. The third-order valence-corrected chi connectivity index (χ3v) is 5.35. The van der Waals surface area contributed by atoms with E-state index in [9.17, 15) is 4.79 Å². The molecule has 3 nitrogen and oxygen atoms in total. The summed E-state index contributed by atoms with van der Waals surface area (Å²) in [6, 6.07) is 19.9. The molecular formula is C22H21ClN2O. The van der Waals surface area contributed by atoms with E-state index in [1.54, 1.807) is 0 Å². The van der Waals surface area contributed by atoms with Crippen molar-refractivity contribution in [3.05, 3.63) is 76.9 Å². The lowest BCUT2D eigenvalue weighted by molar-refractivity contribution is 0.0792. The van der Waals surface area contributed by atoms with Gasteiger partial charge in [0.25, 0.3) is 5.91 Å². The minimum Gasteiger partial charge on any atom is -0.339 e. The van der Waals surface area contributed by atoms with Crippen LogP contribution in [0.4, 0.5) is 0 Å². The molecule has 2 heterocycles. The quantitative estimate of drug-likeness (QED) is 0.615. The number of hydrogen-bond donors (Lipinski definition) is 0. The number of carbonyl (C=O) groups excluding carboxylic acids is 1. The van der Waals surface area contributed by atoms with Crippen molar-refractivity contribution in [3.8, 4) is 16.9 Å². The average molecular weight is 365 g/mol. The zero-order valence-corrected chi connectivity index (χ0v) is 15.5. The highest BCUT2D eigenvalue weighted by atomic mass is 35.5. The van der Waals surface area contributed by atoms with Gasteiger partial charge in [-0.05, 0) is 43.5 Å². The monoisotopic (exact) mass is 364 g/mol. The van der Waals surface area contributed by atoms with Crippen molar-refractivity contribution in [2.45, 2.75) is 19.8 Å². The van der Waals surface area contributed by atoms with Gasteiger partial charge < -0.3 is 9.47 Å². The van der Waals surface area contributed by atoms with Gasteiger partial charge in [-0.3, -0.25) is 4.79 Å². The molecule has 1 fully saturated rings. The van der Waals surface area contributed by atoms with Crippen LogP contribution in [0.2, 0.25) is 5.02 Å². The molecule has 0 spiro atoms.